The van der Waals surface area contributed by atoms with Crippen molar-refractivity contribution in [2.75, 3.05) is 12.3 Å². The number of aromatic amines is 1. The number of para-hydroxylation sites is 2. The summed E-state index contributed by atoms with van der Waals surface area (Å²) in [5.41, 5.74) is 5.64. The molecule has 7 heteroatoms. The zero-order valence-electron chi connectivity index (χ0n) is 19.7. The standard InChI is InChI=1S/C28H26N4O2S/c1-18-11-12-25(19(2)15-18)32-27(34)22-8-4-6-10-24(22)31-28(32)35-17-26(33)29-14-13-20-16-30-23-9-5-3-7-21(20)23/h3-12,15-16,30H,13-14,17H2,1-2H3,(H,29,33). The van der Waals surface area contributed by atoms with E-state index in [2.05, 4.69) is 16.4 Å². The molecule has 2 N–H and O–H groups in total. The normalized spacial score (nSPS) is 11.3. The van der Waals surface area contributed by atoms with Gasteiger partial charge >= 0.3 is 0 Å². The van der Waals surface area contributed by atoms with Crippen molar-refractivity contribution in [3.8, 4) is 5.69 Å². The molecule has 0 aliphatic heterocycles. The number of nitrogens with zero attached hydrogens (tertiary/aromatic N) is 2. The quantitative estimate of drug-likeness (QED) is 0.255. The first-order chi connectivity index (χ1) is 17.0. The monoisotopic (exact) mass is 482 g/mol. The molecule has 5 rings (SSSR count). The molecule has 0 atom stereocenters. The molecule has 0 unspecified atom stereocenters. The summed E-state index contributed by atoms with van der Waals surface area (Å²) < 4.78 is 1.63. The van der Waals surface area contributed by atoms with Crippen LogP contribution in [0, 0.1) is 13.8 Å². The smallest absolute Gasteiger partial charge is 0.266 e. The number of carbonyl (C=O) groups excluding carboxylic acids is 1. The maximum absolute atomic E-state index is 13.4. The minimum absolute atomic E-state index is 0.0931. The van der Waals surface area contributed by atoms with Gasteiger partial charge in [0.1, 0.15) is 0 Å². The summed E-state index contributed by atoms with van der Waals surface area (Å²) >= 11 is 1.28. The number of hydrogen-bond donors (Lipinski definition) is 2. The average molecular weight is 483 g/mol. The molecule has 35 heavy (non-hydrogen) atoms. The van der Waals surface area contributed by atoms with Gasteiger partial charge in [-0.25, -0.2) is 4.98 Å². The molecule has 1 amide bonds. The van der Waals surface area contributed by atoms with Gasteiger partial charge in [0, 0.05) is 23.6 Å². The van der Waals surface area contributed by atoms with Gasteiger partial charge in [0.25, 0.3) is 5.56 Å². The zero-order chi connectivity index (χ0) is 24.4. The van der Waals surface area contributed by atoms with Gasteiger partial charge in [-0.15, -0.1) is 0 Å². The van der Waals surface area contributed by atoms with Crippen LogP contribution in [0.3, 0.4) is 0 Å². The predicted octanol–water partition coefficient (Wildman–Crippen LogP) is 4.93. The Labute approximate surface area is 207 Å². The Bertz CT molecular complexity index is 1600. The summed E-state index contributed by atoms with van der Waals surface area (Å²) in [6.45, 7) is 4.54. The number of thioether (sulfide) groups is 1. The minimum atomic E-state index is -0.134. The van der Waals surface area contributed by atoms with Crippen LogP contribution in [0.5, 0.6) is 0 Å². The van der Waals surface area contributed by atoms with Crippen molar-refractivity contribution in [3.63, 3.8) is 0 Å². The van der Waals surface area contributed by atoms with Crippen LogP contribution in [0.25, 0.3) is 27.5 Å². The van der Waals surface area contributed by atoms with E-state index in [4.69, 9.17) is 4.98 Å². The van der Waals surface area contributed by atoms with Gasteiger partial charge in [0.15, 0.2) is 5.16 Å². The van der Waals surface area contributed by atoms with Crippen molar-refractivity contribution in [2.24, 2.45) is 0 Å². The topological polar surface area (TPSA) is 79.8 Å². The van der Waals surface area contributed by atoms with Gasteiger partial charge in [-0.05, 0) is 55.7 Å². The Kier molecular flexibility index (Phi) is 6.42. The fraction of sp³-hybridized carbons (Fsp3) is 0.179. The van der Waals surface area contributed by atoms with E-state index in [1.165, 1.54) is 22.7 Å². The Balaban J connectivity index is 1.34. The van der Waals surface area contributed by atoms with Crippen molar-refractivity contribution in [1.29, 1.82) is 0 Å². The second-order valence-corrected chi connectivity index (χ2v) is 9.53. The van der Waals surface area contributed by atoms with E-state index >= 15 is 0 Å². The largest absolute Gasteiger partial charge is 0.361 e. The molecule has 2 aromatic heterocycles. The van der Waals surface area contributed by atoms with E-state index in [0.717, 1.165) is 28.8 Å². The molecule has 0 aliphatic carbocycles. The van der Waals surface area contributed by atoms with Crippen molar-refractivity contribution in [3.05, 3.63) is 100.0 Å². The second-order valence-electron chi connectivity index (χ2n) is 8.59. The number of carbonyl (C=O) groups is 1. The number of nitrogens with one attached hydrogen (secondary N) is 2. The molecular formula is C28H26N4O2S. The van der Waals surface area contributed by atoms with Crippen molar-refractivity contribution in [2.45, 2.75) is 25.4 Å². The van der Waals surface area contributed by atoms with Crippen LogP contribution >= 0.6 is 11.8 Å². The molecule has 0 saturated carbocycles. The van der Waals surface area contributed by atoms with Crippen LogP contribution in [0.4, 0.5) is 0 Å². The Morgan fingerprint density at radius 3 is 2.63 bits per heavy atom. The third-order valence-corrected chi connectivity index (χ3v) is 7.00. The zero-order valence-corrected chi connectivity index (χ0v) is 20.5. The van der Waals surface area contributed by atoms with Gasteiger partial charge in [-0.1, -0.05) is 59.8 Å². The molecule has 6 nitrogen and oxygen atoms in total. The van der Waals surface area contributed by atoms with Crippen LogP contribution in [-0.4, -0.2) is 32.7 Å². The molecule has 0 spiro atoms. The third-order valence-electron chi connectivity index (χ3n) is 6.06. The minimum Gasteiger partial charge on any atom is -0.361 e. The summed E-state index contributed by atoms with van der Waals surface area (Å²) in [6.07, 6.45) is 2.73. The van der Waals surface area contributed by atoms with Crippen LogP contribution in [0.15, 0.2) is 82.9 Å². The number of benzene rings is 3. The third kappa shape index (κ3) is 4.72. The van der Waals surface area contributed by atoms with Crippen LogP contribution in [0.1, 0.15) is 16.7 Å². The molecule has 3 aromatic carbocycles. The van der Waals surface area contributed by atoms with Crippen molar-refractivity contribution < 1.29 is 4.79 Å². The molecule has 0 radical (unpaired) electrons. The number of fused-ring (bicyclic) bond motifs is 2. The molecule has 2 heterocycles. The fourth-order valence-electron chi connectivity index (χ4n) is 4.33. The SMILES string of the molecule is Cc1ccc(-n2c(SCC(=O)NCCc3c[nH]c4ccccc34)nc3ccccc3c2=O)c(C)c1. The molecule has 0 bridgehead atoms. The van der Waals surface area contributed by atoms with Gasteiger partial charge < -0.3 is 10.3 Å². The summed E-state index contributed by atoms with van der Waals surface area (Å²) in [4.78, 5) is 34.1. The number of rotatable bonds is 7. The average Bonchev–Trinajstić information content (AvgIpc) is 3.27. The van der Waals surface area contributed by atoms with Crippen molar-refractivity contribution >= 4 is 39.5 Å². The number of aromatic nitrogens is 3. The first kappa shape index (κ1) is 22.9. The highest BCUT2D eigenvalue weighted by Gasteiger charge is 2.16. The van der Waals surface area contributed by atoms with Gasteiger partial charge in [-0.3, -0.25) is 14.2 Å². The lowest BCUT2D eigenvalue weighted by Crippen LogP contribution is -2.28. The van der Waals surface area contributed by atoms with Crippen LogP contribution < -0.4 is 10.9 Å². The maximum atomic E-state index is 13.4. The van der Waals surface area contributed by atoms with Crippen LogP contribution in [-0.2, 0) is 11.2 Å². The summed E-state index contributed by atoms with van der Waals surface area (Å²) in [5.74, 6) is 0.0771. The highest BCUT2D eigenvalue weighted by atomic mass is 32.2. The van der Waals surface area contributed by atoms with E-state index in [0.29, 0.717) is 22.6 Å². The van der Waals surface area contributed by atoms with Crippen LogP contribution in [0.2, 0.25) is 0 Å². The molecule has 0 fully saturated rings. The van der Waals surface area contributed by atoms with E-state index in [1.807, 2.05) is 74.6 Å². The lowest BCUT2D eigenvalue weighted by atomic mass is 10.1. The molecule has 0 aliphatic rings. The van der Waals surface area contributed by atoms with E-state index in [1.54, 1.807) is 10.6 Å². The summed E-state index contributed by atoms with van der Waals surface area (Å²) in [6, 6.07) is 21.4. The van der Waals surface area contributed by atoms with Gasteiger partial charge in [0.2, 0.25) is 5.91 Å². The molecule has 5 aromatic rings. The van der Waals surface area contributed by atoms with E-state index in [-0.39, 0.29) is 17.2 Å². The highest BCUT2D eigenvalue weighted by Crippen LogP contribution is 2.24. The predicted molar refractivity (Wildman–Crippen MR) is 143 cm³/mol. The Hall–Kier alpha value is -3.84. The van der Waals surface area contributed by atoms with Gasteiger partial charge in [0.05, 0.1) is 22.3 Å². The fourth-order valence-corrected chi connectivity index (χ4v) is 5.17. The lowest BCUT2D eigenvalue weighted by molar-refractivity contribution is -0.118. The first-order valence-electron chi connectivity index (χ1n) is 11.5. The van der Waals surface area contributed by atoms with Gasteiger partial charge in [-0.2, -0.15) is 0 Å². The Morgan fingerprint density at radius 1 is 1.03 bits per heavy atom. The molecular weight excluding hydrogens is 456 g/mol. The molecule has 176 valence electrons. The number of H-pyrrole nitrogens is 1. The van der Waals surface area contributed by atoms with E-state index in [9.17, 15) is 9.59 Å². The highest BCUT2D eigenvalue weighted by molar-refractivity contribution is 7.99. The van der Waals surface area contributed by atoms with E-state index < -0.39 is 0 Å². The molecule has 0 saturated heterocycles. The number of amides is 1. The summed E-state index contributed by atoms with van der Waals surface area (Å²) in [7, 11) is 0. The maximum Gasteiger partial charge on any atom is 0.266 e. The first-order valence-corrected chi connectivity index (χ1v) is 12.5. The van der Waals surface area contributed by atoms with Crippen molar-refractivity contribution in [1.82, 2.24) is 19.9 Å². The summed E-state index contributed by atoms with van der Waals surface area (Å²) in [5, 5.41) is 5.23. The number of aryl methyl sites for hydroxylation is 2. The Morgan fingerprint density at radius 2 is 1.80 bits per heavy atom. The lowest BCUT2D eigenvalue weighted by Gasteiger charge is -2.15. The number of hydrogen-bond acceptors (Lipinski definition) is 4. The second kappa shape index (κ2) is 9.80.